The number of amidine groups is 1. The van der Waals surface area contributed by atoms with Crippen molar-refractivity contribution in [3.8, 4) is 11.5 Å². The molecule has 0 bridgehead atoms. The fraction of sp³-hybridized carbons (Fsp3) is 0.222. The summed E-state index contributed by atoms with van der Waals surface area (Å²) >= 11 is 0. The Balaban J connectivity index is 1.89. The first-order valence-electron chi connectivity index (χ1n) is 11.4. The van der Waals surface area contributed by atoms with Gasteiger partial charge in [0.25, 0.3) is 0 Å². The predicted octanol–water partition coefficient (Wildman–Crippen LogP) is 3.69. The van der Waals surface area contributed by atoms with E-state index in [0.717, 1.165) is 5.56 Å². The van der Waals surface area contributed by atoms with Gasteiger partial charge >= 0.3 is 5.97 Å². The third kappa shape index (κ3) is 6.75. The molecule has 0 aliphatic carbocycles. The summed E-state index contributed by atoms with van der Waals surface area (Å²) in [6, 6.07) is 19.6. The van der Waals surface area contributed by atoms with E-state index < -0.39 is 24.0 Å². The summed E-state index contributed by atoms with van der Waals surface area (Å²) < 4.78 is 11.4. The number of carbonyl (C=O) groups is 2. The number of anilines is 1. The summed E-state index contributed by atoms with van der Waals surface area (Å²) in [5, 5.41) is 22.7. The molecule has 0 aromatic heterocycles. The molecule has 0 saturated carbocycles. The van der Waals surface area contributed by atoms with Crippen LogP contribution in [0, 0.1) is 5.41 Å². The van der Waals surface area contributed by atoms with Gasteiger partial charge in [-0.1, -0.05) is 43.3 Å². The van der Waals surface area contributed by atoms with E-state index in [0.29, 0.717) is 34.9 Å². The maximum absolute atomic E-state index is 13.2. The quantitative estimate of drug-likeness (QED) is 0.192. The van der Waals surface area contributed by atoms with Crippen molar-refractivity contribution in [2.45, 2.75) is 32.0 Å². The molecule has 3 rings (SSSR count). The smallest absolute Gasteiger partial charge is 0.326 e. The molecule has 0 aliphatic heterocycles. The summed E-state index contributed by atoms with van der Waals surface area (Å²) in [6.45, 7) is 2.03. The number of nitrogens with two attached hydrogens (primary N) is 1. The van der Waals surface area contributed by atoms with Crippen molar-refractivity contribution < 1.29 is 24.2 Å². The van der Waals surface area contributed by atoms with Crippen LogP contribution >= 0.6 is 0 Å². The monoisotopic (exact) mass is 490 g/mol. The number of carboxylic acids is 1. The Labute approximate surface area is 209 Å². The molecule has 1 amide bonds. The molecule has 9 heteroatoms. The molecule has 0 aliphatic rings. The molecule has 0 spiro atoms. The number of benzene rings is 3. The third-order valence-corrected chi connectivity index (χ3v) is 5.55. The highest BCUT2D eigenvalue weighted by molar-refractivity contribution is 5.95. The van der Waals surface area contributed by atoms with Gasteiger partial charge in [-0.15, -0.1) is 0 Å². The van der Waals surface area contributed by atoms with Crippen LogP contribution < -0.4 is 25.8 Å². The van der Waals surface area contributed by atoms with Crippen molar-refractivity contribution in [1.29, 1.82) is 5.41 Å². The summed E-state index contributed by atoms with van der Waals surface area (Å²) in [4.78, 5) is 24.7. The van der Waals surface area contributed by atoms with Gasteiger partial charge in [-0.3, -0.25) is 10.2 Å². The SMILES string of the molecule is CCC(NC(=O)[C@@H](Nc1ccc(C(=N)N)cc1)c1ccc(OCc2ccccc2)c(OC)c1)C(=O)O. The van der Waals surface area contributed by atoms with Gasteiger partial charge in [-0.2, -0.15) is 0 Å². The van der Waals surface area contributed by atoms with E-state index >= 15 is 0 Å². The van der Waals surface area contributed by atoms with Crippen LogP contribution in [-0.2, 0) is 16.2 Å². The molecule has 1 unspecified atom stereocenters. The van der Waals surface area contributed by atoms with E-state index in [1.165, 1.54) is 7.11 Å². The maximum atomic E-state index is 13.2. The summed E-state index contributed by atoms with van der Waals surface area (Å²) in [7, 11) is 1.51. The highest BCUT2D eigenvalue weighted by Gasteiger charge is 2.26. The zero-order valence-corrected chi connectivity index (χ0v) is 20.2. The van der Waals surface area contributed by atoms with Crippen LogP contribution in [0.5, 0.6) is 11.5 Å². The molecule has 3 aromatic rings. The fourth-order valence-corrected chi connectivity index (χ4v) is 3.52. The zero-order chi connectivity index (χ0) is 26.1. The lowest BCUT2D eigenvalue weighted by Crippen LogP contribution is -2.44. The van der Waals surface area contributed by atoms with E-state index in [9.17, 15) is 14.7 Å². The van der Waals surface area contributed by atoms with Gasteiger partial charge in [0.1, 0.15) is 24.5 Å². The van der Waals surface area contributed by atoms with Crippen molar-refractivity contribution in [2.75, 3.05) is 12.4 Å². The van der Waals surface area contributed by atoms with Gasteiger partial charge < -0.3 is 30.9 Å². The number of nitrogen functional groups attached to an aromatic ring is 1. The first-order valence-corrected chi connectivity index (χ1v) is 11.4. The van der Waals surface area contributed by atoms with Gasteiger partial charge in [0, 0.05) is 11.3 Å². The molecule has 9 nitrogen and oxygen atoms in total. The standard InChI is InChI=1S/C27H30N4O5/c1-3-21(27(33)34)31-26(32)24(30-20-12-9-18(10-13-20)25(28)29)19-11-14-22(23(15-19)35-2)36-16-17-7-5-4-6-8-17/h4-15,21,24,30H,3,16H2,1-2H3,(H3,28,29)(H,31,32)(H,33,34)/t21?,24-/m0/s1. The van der Waals surface area contributed by atoms with Crippen LogP contribution in [0.25, 0.3) is 0 Å². The Morgan fingerprint density at radius 3 is 2.31 bits per heavy atom. The maximum Gasteiger partial charge on any atom is 0.326 e. The topological polar surface area (TPSA) is 147 Å². The van der Waals surface area contributed by atoms with Crippen LogP contribution in [0.2, 0.25) is 0 Å². The predicted molar refractivity (Wildman–Crippen MR) is 137 cm³/mol. The van der Waals surface area contributed by atoms with Gasteiger partial charge in [-0.25, -0.2) is 4.79 Å². The van der Waals surface area contributed by atoms with E-state index in [1.807, 2.05) is 30.3 Å². The average Bonchev–Trinajstić information content (AvgIpc) is 2.89. The largest absolute Gasteiger partial charge is 0.493 e. The molecule has 36 heavy (non-hydrogen) atoms. The molecule has 188 valence electrons. The minimum atomic E-state index is -1.11. The Kier molecular flexibility index (Phi) is 8.88. The lowest BCUT2D eigenvalue weighted by Gasteiger charge is -2.23. The number of methoxy groups -OCH3 is 1. The number of hydrogen-bond acceptors (Lipinski definition) is 6. The second-order valence-corrected chi connectivity index (χ2v) is 8.06. The Morgan fingerprint density at radius 2 is 1.72 bits per heavy atom. The minimum absolute atomic E-state index is 0.0704. The molecule has 6 N–H and O–H groups in total. The number of hydrogen-bond donors (Lipinski definition) is 5. The van der Waals surface area contributed by atoms with Crippen LogP contribution in [-0.4, -0.2) is 36.0 Å². The summed E-state index contributed by atoms with van der Waals surface area (Å²) in [5.74, 6) is -0.760. The van der Waals surface area contributed by atoms with Crippen molar-refractivity contribution in [3.63, 3.8) is 0 Å². The van der Waals surface area contributed by atoms with Gasteiger partial charge in [0.05, 0.1) is 7.11 Å². The van der Waals surface area contributed by atoms with E-state index in [-0.39, 0.29) is 12.3 Å². The first-order chi connectivity index (χ1) is 17.3. The molecular weight excluding hydrogens is 460 g/mol. The highest BCUT2D eigenvalue weighted by atomic mass is 16.5. The second-order valence-electron chi connectivity index (χ2n) is 8.06. The summed E-state index contributed by atoms with van der Waals surface area (Å²) in [5.41, 5.74) is 8.20. The Morgan fingerprint density at radius 1 is 1.03 bits per heavy atom. The minimum Gasteiger partial charge on any atom is -0.493 e. The Hall–Kier alpha value is -4.53. The Bertz CT molecular complexity index is 1200. The van der Waals surface area contributed by atoms with Gasteiger partial charge in [-0.05, 0) is 53.9 Å². The van der Waals surface area contributed by atoms with Crippen molar-refractivity contribution in [3.05, 3.63) is 89.5 Å². The number of aliphatic carboxylic acids is 1. The van der Waals surface area contributed by atoms with Crippen molar-refractivity contribution in [1.82, 2.24) is 5.32 Å². The average molecular weight is 491 g/mol. The number of rotatable bonds is 12. The number of nitrogens with one attached hydrogen (secondary N) is 3. The first kappa shape index (κ1) is 26.1. The van der Waals surface area contributed by atoms with Crippen molar-refractivity contribution in [2.24, 2.45) is 5.73 Å². The number of carbonyl (C=O) groups excluding carboxylic acids is 1. The van der Waals surface area contributed by atoms with E-state index in [1.54, 1.807) is 49.4 Å². The molecule has 3 aromatic carbocycles. The number of ether oxygens (including phenoxy) is 2. The number of amides is 1. The van der Waals surface area contributed by atoms with Crippen LogP contribution in [0.4, 0.5) is 5.69 Å². The fourth-order valence-electron chi connectivity index (χ4n) is 3.52. The van der Waals surface area contributed by atoms with Crippen LogP contribution in [0.3, 0.4) is 0 Å². The van der Waals surface area contributed by atoms with Crippen LogP contribution in [0.1, 0.15) is 36.1 Å². The van der Waals surface area contributed by atoms with Crippen molar-refractivity contribution >= 4 is 23.4 Å². The normalized spacial score (nSPS) is 12.2. The number of carboxylic acid groups (broad SMARTS) is 1. The lowest BCUT2D eigenvalue weighted by atomic mass is 10.0. The lowest BCUT2D eigenvalue weighted by molar-refractivity contribution is -0.142. The van der Waals surface area contributed by atoms with Gasteiger partial charge in [0.2, 0.25) is 5.91 Å². The molecule has 0 heterocycles. The van der Waals surface area contributed by atoms with E-state index in [4.69, 9.17) is 20.6 Å². The molecule has 0 fully saturated rings. The zero-order valence-electron chi connectivity index (χ0n) is 20.2. The third-order valence-electron chi connectivity index (χ3n) is 5.55. The molecule has 0 saturated heterocycles. The molecular formula is C27H30N4O5. The van der Waals surface area contributed by atoms with E-state index in [2.05, 4.69) is 10.6 Å². The molecule has 0 radical (unpaired) electrons. The summed E-state index contributed by atoms with van der Waals surface area (Å²) in [6.07, 6.45) is 0.233. The van der Waals surface area contributed by atoms with Gasteiger partial charge in [0.15, 0.2) is 11.5 Å². The van der Waals surface area contributed by atoms with Crippen LogP contribution in [0.15, 0.2) is 72.8 Å². The molecule has 2 atom stereocenters. The second kappa shape index (κ2) is 12.3. The highest BCUT2D eigenvalue weighted by Crippen LogP contribution is 2.32.